The van der Waals surface area contributed by atoms with Crippen LogP contribution in [0.25, 0.3) is 0 Å². The summed E-state index contributed by atoms with van der Waals surface area (Å²) in [7, 11) is 0. The fourth-order valence-corrected chi connectivity index (χ4v) is 3.66. The van der Waals surface area contributed by atoms with Gasteiger partial charge in [-0.3, -0.25) is 4.90 Å². The first kappa shape index (κ1) is 15.3. The zero-order chi connectivity index (χ0) is 15.4. The van der Waals surface area contributed by atoms with Crippen LogP contribution in [0.5, 0.6) is 0 Å². The lowest BCUT2D eigenvalue weighted by Gasteiger charge is -2.17. The average molecular weight is 333 g/mol. The third-order valence-corrected chi connectivity index (χ3v) is 5.09. The van der Waals surface area contributed by atoms with Gasteiger partial charge in [-0.05, 0) is 48.6 Å². The van der Waals surface area contributed by atoms with Crippen LogP contribution in [0, 0.1) is 11.3 Å². The highest BCUT2D eigenvalue weighted by atomic mass is 35.5. The number of aromatic nitrogens is 1. The molecule has 0 atom stereocenters. The molecule has 3 rings (SSSR count). The van der Waals surface area contributed by atoms with Crippen LogP contribution in [-0.4, -0.2) is 22.4 Å². The maximum atomic E-state index is 9.12. The number of anilines is 1. The van der Waals surface area contributed by atoms with E-state index >= 15 is 0 Å². The Morgan fingerprint density at radius 3 is 2.73 bits per heavy atom. The molecular weight excluding hydrogens is 316 g/mol. The maximum Gasteiger partial charge on any atom is 0.162 e. The predicted molar refractivity (Wildman–Crippen MR) is 90.1 cm³/mol. The number of hydrogen-bond donors (Lipinski definition) is 1. The largest absolute Gasteiger partial charge is 0.370 e. The van der Waals surface area contributed by atoms with E-state index in [1.807, 2.05) is 0 Å². The second kappa shape index (κ2) is 7.10. The van der Waals surface area contributed by atoms with Gasteiger partial charge in [-0.25, -0.2) is 0 Å². The Balaban J connectivity index is 1.71. The number of nitrogens with one attached hydrogen (secondary N) is 1. The van der Waals surface area contributed by atoms with Crippen LogP contribution in [-0.2, 0) is 13.1 Å². The van der Waals surface area contributed by atoms with Gasteiger partial charge in [0.15, 0.2) is 5.15 Å². The number of rotatable bonds is 5. The van der Waals surface area contributed by atoms with E-state index in [9.17, 15) is 0 Å². The number of benzene rings is 1. The van der Waals surface area contributed by atoms with Crippen molar-refractivity contribution < 1.29 is 0 Å². The van der Waals surface area contributed by atoms with Crippen LogP contribution >= 0.6 is 23.1 Å². The fraction of sp³-hybridized carbons (Fsp3) is 0.375. The average Bonchev–Trinajstić information content (AvgIpc) is 3.16. The van der Waals surface area contributed by atoms with E-state index < -0.39 is 0 Å². The van der Waals surface area contributed by atoms with Gasteiger partial charge in [-0.15, -0.1) is 0 Å². The molecule has 0 aliphatic carbocycles. The zero-order valence-electron chi connectivity index (χ0n) is 12.2. The van der Waals surface area contributed by atoms with E-state index in [0.29, 0.717) is 12.1 Å². The summed E-state index contributed by atoms with van der Waals surface area (Å²) in [6.07, 6.45) is 2.59. The Kier molecular flexibility index (Phi) is 4.94. The second-order valence-corrected chi connectivity index (χ2v) is 6.53. The number of halogens is 1. The highest BCUT2D eigenvalue weighted by Gasteiger charge is 2.15. The molecule has 1 saturated heterocycles. The fourth-order valence-electron chi connectivity index (χ4n) is 2.73. The molecule has 22 heavy (non-hydrogen) atoms. The molecule has 1 N–H and O–H groups in total. The van der Waals surface area contributed by atoms with Crippen LogP contribution in [0.2, 0.25) is 5.15 Å². The molecule has 0 bridgehead atoms. The zero-order valence-corrected chi connectivity index (χ0v) is 13.8. The summed E-state index contributed by atoms with van der Waals surface area (Å²) in [5.74, 6) is 0. The first-order valence-corrected chi connectivity index (χ1v) is 8.51. The van der Waals surface area contributed by atoms with Gasteiger partial charge in [0, 0.05) is 13.1 Å². The molecule has 2 heterocycles. The van der Waals surface area contributed by atoms with E-state index in [4.69, 9.17) is 16.9 Å². The summed E-state index contributed by atoms with van der Waals surface area (Å²) < 4.78 is 4.02. The lowest BCUT2D eigenvalue weighted by atomic mass is 10.1. The third kappa shape index (κ3) is 3.41. The van der Waals surface area contributed by atoms with E-state index in [1.54, 1.807) is 0 Å². The van der Waals surface area contributed by atoms with Crippen molar-refractivity contribution in [3.63, 3.8) is 0 Å². The topological polar surface area (TPSA) is 52.0 Å². The van der Waals surface area contributed by atoms with Gasteiger partial charge in [0.1, 0.15) is 16.6 Å². The predicted octanol–water partition coefficient (Wildman–Crippen LogP) is 3.88. The number of hydrogen-bond acceptors (Lipinski definition) is 5. The lowest BCUT2D eigenvalue weighted by Crippen LogP contribution is -2.19. The minimum absolute atomic E-state index is 0.278. The molecule has 1 aromatic heterocycles. The van der Waals surface area contributed by atoms with E-state index in [2.05, 4.69) is 44.9 Å². The molecule has 2 aromatic rings. The van der Waals surface area contributed by atoms with Crippen LogP contribution in [0.15, 0.2) is 24.3 Å². The molecule has 4 nitrogen and oxygen atoms in total. The van der Waals surface area contributed by atoms with Crippen LogP contribution < -0.4 is 5.32 Å². The van der Waals surface area contributed by atoms with E-state index in [1.165, 1.54) is 48.6 Å². The molecule has 0 unspecified atom stereocenters. The molecule has 0 amide bonds. The summed E-state index contributed by atoms with van der Waals surface area (Å²) in [6, 6.07) is 10.5. The molecule has 1 aromatic carbocycles. The minimum Gasteiger partial charge on any atom is -0.370 e. The van der Waals surface area contributed by atoms with Gasteiger partial charge >= 0.3 is 0 Å². The highest BCUT2D eigenvalue weighted by molar-refractivity contribution is 7.10. The van der Waals surface area contributed by atoms with Crippen molar-refractivity contribution in [1.82, 2.24) is 9.27 Å². The Morgan fingerprint density at radius 1 is 1.27 bits per heavy atom. The van der Waals surface area contributed by atoms with Gasteiger partial charge in [0.05, 0.1) is 0 Å². The molecule has 6 heteroatoms. The van der Waals surface area contributed by atoms with Crippen LogP contribution in [0.1, 0.15) is 29.5 Å². The number of likely N-dealkylation sites (tertiary alicyclic amines) is 1. The normalized spacial score (nSPS) is 14.9. The van der Waals surface area contributed by atoms with E-state index in [-0.39, 0.29) is 5.15 Å². The molecule has 0 spiro atoms. The van der Waals surface area contributed by atoms with Gasteiger partial charge in [0.2, 0.25) is 0 Å². The van der Waals surface area contributed by atoms with Crippen molar-refractivity contribution in [2.75, 3.05) is 18.4 Å². The van der Waals surface area contributed by atoms with Crippen molar-refractivity contribution in [3.05, 3.63) is 46.1 Å². The summed E-state index contributed by atoms with van der Waals surface area (Å²) in [6.45, 7) is 4.04. The minimum atomic E-state index is 0.278. The molecule has 0 radical (unpaired) electrons. The van der Waals surface area contributed by atoms with Crippen molar-refractivity contribution in [2.45, 2.75) is 25.9 Å². The molecule has 1 aliphatic heterocycles. The molecule has 114 valence electrons. The Hall–Kier alpha value is -1.61. The smallest absolute Gasteiger partial charge is 0.162 e. The lowest BCUT2D eigenvalue weighted by molar-refractivity contribution is 0.330. The molecule has 1 aliphatic rings. The first-order valence-electron chi connectivity index (χ1n) is 7.36. The van der Waals surface area contributed by atoms with Crippen molar-refractivity contribution in [1.29, 1.82) is 5.26 Å². The van der Waals surface area contributed by atoms with Crippen LogP contribution in [0.4, 0.5) is 5.00 Å². The highest BCUT2D eigenvalue weighted by Crippen LogP contribution is 2.28. The SMILES string of the molecule is N#Cc1c(Cl)nsc1NCc1ccccc1CN1CCCC1. The van der Waals surface area contributed by atoms with Crippen molar-refractivity contribution in [3.8, 4) is 6.07 Å². The number of nitriles is 1. The van der Waals surface area contributed by atoms with Gasteiger partial charge < -0.3 is 5.32 Å². The standard InChI is InChI=1S/C16H17ClN4S/c17-15-14(9-18)16(22-20-15)19-10-12-5-1-2-6-13(12)11-21-7-3-4-8-21/h1-2,5-6,19H,3-4,7-8,10-11H2. The summed E-state index contributed by atoms with van der Waals surface area (Å²) in [4.78, 5) is 2.49. The monoisotopic (exact) mass is 332 g/mol. The van der Waals surface area contributed by atoms with Crippen molar-refractivity contribution in [2.24, 2.45) is 0 Å². The molecule has 1 fully saturated rings. The van der Waals surface area contributed by atoms with Gasteiger partial charge in [-0.2, -0.15) is 9.64 Å². The first-order chi connectivity index (χ1) is 10.8. The molecular formula is C16H17ClN4S. The second-order valence-electron chi connectivity index (χ2n) is 5.39. The number of nitrogens with zero attached hydrogens (tertiary/aromatic N) is 3. The maximum absolute atomic E-state index is 9.12. The third-order valence-electron chi connectivity index (χ3n) is 3.91. The Morgan fingerprint density at radius 2 is 2.00 bits per heavy atom. The summed E-state index contributed by atoms with van der Waals surface area (Å²) >= 11 is 7.13. The quantitative estimate of drug-likeness (QED) is 0.902. The molecule has 0 saturated carbocycles. The summed E-state index contributed by atoms with van der Waals surface area (Å²) in [5.41, 5.74) is 3.03. The Bertz CT molecular complexity index is 686. The van der Waals surface area contributed by atoms with Gasteiger partial charge in [0.25, 0.3) is 0 Å². The van der Waals surface area contributed by atoms with Crippen molar-refractivity contribution >= 4 is 28.1 Å². The Labute approximate surface area is 139 Å². The summed E-state index contributed by atoms with van der Waals surface area (Å²) in [5, 5.41) is 13.4. The van der Waals surface area contributed by atoms with Crippen LogP contribution in [0.3, 0.4) is 0 Å². The van der Waals surface area contributed by atoms with Gasteiger partial charge in [-0.1, -0.05) is 35.9 Å². The van der Waals surface area contributed by atoms with E-state index in [0.717, 1.165) is 11.5 Å².